The first kappa shape index (κ1) is 14.1. The fourth-order valence-corrected chi connectivity index (χ4v) is 2.17. The van der Waals surface area contributed by atoms with Crippen LogP contribution in [0.2, 0.25) is 0 Å². The van der Waals surface area contributed by atoms with Crippen molar-refractivity contribution in [2.45, 2.75) is 19.3 Å². The Balaban J connectivity index is 1.86. The van der Waals surface area contributed by atoms with Gasteiger partial charge in [0.2, 0.25) is 5.91 Å². The highest BCUT2D eigenvalue weighted by molar-refractivity contribution is 5.94. The van der Waals surface area contributed by atoms with Crippen molar-refractivity contribution in [2.75, 3.05) is 30.7 Å². The first-order valence-corrected chi connectivity index (χ1v) is 6.58. The third-order valence-electron chi connectivity index (χ3n) is 3.27. The molecule has 0 aromatic carbocycles. The standard InChI is InChI=1S/C13H18N4O3/c14-10-8-16-11(7-9(10)13(19)20)15-4-3-12(18)17-5-1-2-6-17/h7-8H,1-6,14H2,(H,15,16)(H,19,20). The van der Waals surface area contributed by atoms with E-state index in [-0.39, 0.29) is 17.2 Å². The molecule has 0 atom stereocenters. The second-order valence-electron chi connectivity index (χ2n) is 4.73. The van der Waals surface area contributed by atoms with E-state index in [1.807, 2.05) is 4.90 Å². The van der Waals surface area contributed by atoms with Crippen LogP contribution in [0.4, 0.5) is 11.5 Å². The predicted octanol–water partition coefficient (Wildman–Crippen LogP) is 0.786. The van der Waals surface area contributed by atoms with Crippen LogP contribution in [0.3, 0.4) is 0 Å². The van der Waals surface area contributed by atoms with Gasteiger partial charge in [-0.2, -0.15) is 0 Å². The molecule has 1 fully saturated rings. The minimum absolute atomic E-state index is 0.00775. The molecule has 4 N–H and O–H groups in total. The van der Waals surface area contributed by atoms with Crippen molar-refractivity contribution >= 4 is 23.4 Å². The van der Waals surface area contributed by atoms with Crippen molar-refractivity contribution < 1.29 is 14.7 Å². The normalized spacial score (nSPS) is 14.3. The number of anilines is 2. The number of hydrogen-bond donors (Lipinski definition) is 3. The largest absolute Gasteiger partial charge is 0.478 e. The Morgan fingerprint density at radius 3 is 2.75 bits per heavy atom. The number of nitrogens with two attached hydrogens (primary N) is 1. The second kappa shape index (κ2) is 6.23. The van der Waals surface area contributed by atoms with Crippen LogP contribution in [0.5, 0.6) is 0 Å². The van der Waals surface area contributed by atoms with E-state index in [4.69, 9.17) is 10.8 Å². The van der Waals surface area contributed by atoms with Crippen LogP contribution >= 0.6 is 0 Å². The number of aromatic nitrogens is 1. The number of carbonyl (C=O) groups is 2. The highest BCUT2D eigenvalue weighted by Crippen LogP contribution is 2.15. The molecule has 7 heteroatoms. The average Bonchev–Trinajstić information content (AvgIpc) is 2.94. The quantitative estimate of drug-likeness (QED) is 0.734. The number of amides is 1. The van der Waals surface area contributed by atoms with Crippen molar-refractivity contribution in [3.8, 4) is 0 Å². The minimum atomic E-state index is -1.10. The number of aromatic carboxylic acids is 1. The Hall–Kier alpha value is -2.31. The van der Waals surface area contributed by atoms with E-state index in [1.165, 1.54) is 12.3 Å². The molecule has 0 spiro atoms. The monoisotopic (exact) mass is 278 g/mol. The number of likely N-dealkylation sites (tertiary alicyclic amines) is 1. The summed E-state index contributed by atoms with van der Waals surface area (Å²) in [5, 5.41) is 11.9. The molecule has 7 nitrogen and oxygen atoms in total. The first-order chi connectivity index (χ1) is 9.58. The molecule has 0 bridgehead atoms. The van der Waals surface area contributed by atoms with Crippen LogP contribution in [-0.4, -0.2) is 46.5 Å². The number of nitrogens with one attached hydrogen (secondary N) is 1. The lowest BCUT2D eigenvalue weighted by atomic mass is 10.2. The van der Waals surface area contributed by atoms with Gasteiger partial charge in [0.05, 0.1) is 17.4 Å². The molecule has 20 heavy (non-hydrogen) atoms. The van der Waals surface area contributed by atoms with E-state index in [0.717, 1.165) is 25.9 Å². The summed E-state index contributed by atoms with van der Waals surface area (Å²) >= 11 is 0. The van der Waals surface area contributed by atoms with Gasteiger partial charge in [0.25, 0.3) is 0 Å². The Kier molecular flexibility index (Phi) is 4.39. The minimum Gasteiger partial charge on any atom is -0.478 e. The first-order valence-electron chi connectivity index (χ1n) is 6.58. The lowest BCUT2D eigenvalue weighted by Crippen LogP contribution is -2.29. The van der Waals surface area contributed by atoms with E-state index in [9.17, 15) is 9.59 Å². The highest BCUT2D eigenvalue weighted by Gasteiger charge is 2.17. The zero-order valence-corrected chi connectivity index (χ0v) is 11.1. The summed E-state index contributed by atoms with van der Waals surface area (Å²) in [7, 11) is 0. The second-order valence-corrected chi connectivity index (χ2v) is 4.73. The van der Waals surface area contributed by atoms with E-state index < -0.39 is 5.97 Å². The third kappa shape index (κ3) is 3.37. The van der Waals surface area contributed by atoms with Crippen LogP contribution in [0.1, 0.15) is 29.6 Å². The maximum absolute atomic E-state index is 11.8. The SMILES string of the molecule is Nc1cnc(NCCC(=O)N2CCCC2)cc1C(=O)O. The molecular weight excluding hydrogens is 260 g/mol. The van der Waals surface area contributed by atoms with Crippen molar-refractivity contribution in [2.24, 2.45) is 0 Å². The fourth-order valence-electron chi connectivity index (χ4n) is 2.17. The predicted molar refractivity (Wildman–Crippen MR) is 74.5 cm³/mol. The van der Waals surface area contributed by atoms with E-state index >= 15 is 0 Å². The van der Waals surface area contributed by atoms with Gasteiger partial charge in [0.1, 0.15) is 5.82 Å². The van der Waals surface area contributed by atoms with Crippen molar-refractivity contribution in [1.29, 1.82) is 0 Å². The molecule has 1 amide bonds. The summed E-state index contributed by atoms with van der Waals surface area (Å²) in [5.74, 6) is -0.573. The van der Waals surface area contributed by atoms with Crippen molar-refractivity contribution in [1.82, 2.24) is 9.88 Å². The summed E-state index contributed by atoms with van der Waals surface area (Å²) in [6.07, 6.45) is 3.81. The fraction of sp³-hybridized carbons (Fsp3) is 0.462. The number of carboxylic acids is 1. The molecule has 1 aliphatic heterocycles. The van der Waals surface area contributed by atoms with Gasteiger partial charge in [-0.25, -0.2) is 9.78 Å². The number of nitrogen functional groups attached to an aromatic ring is 1. The Morgan fingerprint density at radius 1 is 1.40 bits per heavy atom. The molecule has 2 rings (SSSR count). The van der Waals surface area contributed by atoms with Crippen LogP contribution in [0.25, 0.3) is 0 Å². The lowest BCUT2D eigenvalue weighted by molar-refractivity contribution is -0.129. The van der Waals surface area contributed by atoms with Gasteiger partial charge in [-0.05, 0) is 18.9 Å². The molecule has 0 aliphatic carbocycles. The van der Waals surface area contributed by atoms with Gasteiger partial charge < -0.3 is 21.1 Å². The smallest absolute Gasteiger partial charge is 0.337 e. The van der Waals surface area contributed by atoms with Gasteiger partial charge in [-0.15, -0.1) is 0 Å². The number of rotatable bonds is 5. The lowest BCUT2D eigenvalue weighted by Gasteiger charge is -2.15. The molecule has 1 aliphatic rings. The Bertz CT molecular complexity index is 512. The van der Waals surface area contributed by atoms with Gasteiger partial charge in [-0.3, -0.25) is 4.79 Å². The number of nitrogens with zero attached hydrogens (tertiary/aromatic N) is 2. The molecule has 0 saturated carbocycles. The Morgan fingerprint density at radius 2 is 2.10 bits per heavy atom. The molecule has 2 heterocycles. The summed E-state index contributed by atoms with van der Waals surface area (Å²) < 4.78 is 0. The topological polar surface area (TPSA) is 109 Å². The molecule has 1 aromatic heterocycles. The summed E-state index contributed by atoms with van der Waals surface area (Å²) in [4.78, 5) is 28.6. The summed E-state index contributed by atoms with van der Waals surface area (Å²) in [6, 6.07) is 1.37. The molecular formula is C13H18N4O3. The van der Waals surface area contributed by atoms with Gasteiger partial charge >= 0.3 is 5.97 Å². The zero-order valence-electron chi connectivity index (χ0n) is 11.1. The van der Waals surface area contributed by atoms with Crippen molar-refractivity contribution in [3.63, 3.8) is 0 Å². The van der Waals surface area contributed by atoms with Crippen molar-refractivity contribution in [3.05, 3.63) is 17.8 Å². The van der Waals surface area contributed by atoms with Crippen LogP contribution < -0.4 is 11.1 Å². The van der Waals surface area contributed by atoms with Crippen LogP contribution in [-0.2, 0) is 4.79 Å². The number of carbonyl (C=O) groups excluding carboxylic acids is 1. The molecule has 1 aromatic rings. The number of pyridine rings is 1. The Labute approximate surface area is 116 Å². The summed E-state index contributed by atoms with van der Waals surface area (Å²) in [5.41, 5.74) is 5.65. The third-order valence-corrected chi connectivity index (χ3v) is 3.27. The molecule has 1 saturated heterocycles. The summed E-state index contributed by atoms with van der Waals surface area (Å²) in [6.45, 7) is 2.09. The van der Waals surface area contributed by atoms with Crippen LogP contribution in [0.15, 0.2) is 12.3 Å². The molecule has 0 radical (unpaired) electrons. The van der Waals surface area contributed by atoms with Gasteiger partial charge in [-0.1, -0.05) is 0 Å². The van der Waals surface area contributed by atoms with E-state index in [0.29, 0.717) is 18.8 Å². The highest BCUT2D eigenvalue weighted by atomic mass is 16.4. The molecule has 0 unspecified atom stereocenters. The van der Waals surface area contributed by atoms with Crippen LogP contribution in [0, 0.1) is 0 Å². The van der Waals surface area contributed by atoms with Gasteiger partial charge in [0.15, 0.2) is 0 Å². The maximum Gasteiger partial charge on any atom is 0.337 e. The van der Waals surface area contributed by atoms with E-state index in [1.54, 1.807) is 0 Å². The molecule has 108 valence electrons. The van der Waals surface area contributed by atoms with Gasteiger partial charge in [0, 0.05) is 26.1 Å². The number of carboxylic acid groups (broad SMARTS) is 1. The zero-order chi connectivity index (χ0) is 14.5. The maximum atomic E-state index is 11.8. The average molecular weight is 278 g/mol. The van der Waals surface area contributed by atoms with E-state index in [2.05, 4.69) is 10.3 Å². The number of hydrogen-bond acceptors (Lipinski definition) is 5.